The molecule has 0 bridgehead atoms. The lowest BCUT2D eigenvalue weighted by atomic mass is 10.1. The zero-order chi connectivity index (χ0) is 18.4. The number of hydrogen-bond donors (Lipinski definition) is 4. The fourth-order valence-corrected chi connectivity index (χ4v) is 1.76. The number of ether oxygens (including phenoxy) is 1. The van der Waals surface area contributed by atoms with Gasteiger partial charge in [0.1, 0.15) is 11.8 Å². The number of carbonyl (C=O) groups excluding carboxylic acids is 3. The lowest BCUT2D eigenvalue weighted by molar-refractivity contribution is -0.142. The standard InChI is InChI=1S/C15H26N2O7/c1-11(19)3-4-12(15(22)23)17-14(21)6-5-13(20)16-7-2-9-24-10-8-18/h12,18H,2-10H2,1H3,(H,16,20)(H,17,21)(H,22,23)/t12-/m0/s1. The fourth-order valence-electron chi connectivity index (χ4n) is 1.76. The number of aliphatic hydroxyl groups is 1. The zero-order valence-electron chi connectivity index (χ0n) is 13.9. The first kappa shape index (κ1) is 22.0. The van der Waals surface area contributed by atoms with Crippen LogP contribution in [0.4, 0.5) is 0 Å². The van der Waals surface area contributed by atoms with Crippen molar-refractivity contribution < 1.29 is 34.1 Å². The van der Waals surface area contributed by atoms with Gasteiger partial charge in [-0.25, -0.2) is 4.79 Å². The Labute approximate surface area is 140 Å². The SMILES string of the molecule is CC(=O)CC[C@H](NC(=O)CCC(=O)NCCCOCCO)C(=O)O. The Hall–Kier alpha value is -2.00. The Morgan fingerprint density at radius 2 is 1.71 bits per heavy atom. The molecule has 0 radical (unpaired) electrons. The summed E-state index contributed by atoms with van der Waals surface area (Å²) in [6.45, 7) is 2.35. The number of Topliss-reactive ketones (excluding diaryl/α,β-unsaturated/α-hetero) is 1. The van der Waals surface area contributed by atoms with Crippen LogP contribution in [0.3, 0.4) is 0 Å². The maximum Gasteiger partial charge on any atom is 0.326 e. The minimum absolute atomic E-state index is 0.0242. The number of carboxylic acid groups (broad SMARTS) is 1. The third-order valence-electron chi connectivity index (χ3n) is 3.02. The second-order valence-corrected chi connectivity index (χ2v) is 5.24. The average Bonchev–Trinajstić information content (AvgIpc) is 2.52. The van der Waals surface area contributed by atoms with Gasteiger partial charge < -0.3 is 30.4 Å². The van der Waals surface area contributed by atoms with Crippen molar-refractivity contribution >= 4 is 23.6 Å². The Morgan fingerprint density at radius 1 is 1.04 bits per heavy atom. The molecule has 0 aliphatic heterocycles. The van der Waals surface area contributed by atoms with Crippen molar-refractivity contribution in [3.05, 3.63) is 0 Å². The average molecular weight is 346 g/mol. The van der Waals surface area contributed by atoms with Crippen LogP contribution in [0.5, 0.6) is 0 Å². The van der Waals surface area contributed by atoms with Crippen LogP contribution in [0.25, 0.3) is 0 Å². The van der Waals surface area contributed by atoms with Crippen LogP contribution in [0.1, 0.15) is 39.0 Å². The van der Waals surface area contributed by atoms with E-state index in [0.717, 1.165) is 0 Å². The monoisotopic (exact) mass is 346 g/mol. The lowest BCUT2D eigenvalue weighted by Gasteiger charge is -2.13. The topological polar surface area (TPSA) is 142 Å². The second kappa shape index (κ2) is 13.4. The van der Waals surface area contributed by atoms with E-state index in [1.165, 1.54) is 6.92 Å². The third-order valence-corrected chi connectivity index (χ3v) is 3.02. The normalized spacial score (nSPS) is 11.6. The van der Waals surface area contributed by atoms with E-state index in [9.17, 15) is 19.2 Å². The summed E-state index contributed by atoms with van der Waals surface area (Å²) in [4.78, 5) is 45.1. The summed E-state index contributed by atoms with van der Waals surface area (Å²) in [5.74, 6) is -2.23. The van der Waals surface area contributed by atoms with Gasteiger partial charge in [0.25, 0.3) is 0 Å². The molecule has 0 heterocycles. The van der Waals surface area contributed by atoms with Crippen LogP contribution in [-0.2, 0) is 23.9 Å². The van der Waals surface area contributed by atoms with E-state index in [4.69, 9.17) is 14.9 Å². The zero-order valence-corrected chi connectivity index (χ0v) is 13.9. The largest absolute Gasteiger partial charge is 0.480 e. The molecule has 4 N–H and O–H groups in total. The number of ketones is 1. The number of amides is 2. The Morgan fingerprint density at radius 3 is 2.29 bits per heavy atom. The molecule has 0 fully saturated rings. The first-order valence-electron chi connectivity index (χ1n) is 7.83. The number of carbonyl (C=O) groups is 4. The predicted octanol–water partition coefficient (Wildman–Crippen LogP) is -0.780. The Bertz CT molecular complexity index is 426. The summed E-state index contributed by atoms with van der Waals surface area (Å²) < 4.78 is 5.02. The van der Waals surface area contributed by atoms with Gasteiger partial charge in [-0.2, -0.15) is 0 Å². The summed E-state index contributed by atoms with van der Waals surface area (Å²) in [5.41, 5.74) is 0. The molecule has 0 aliphatic rings. The van der Waals surface area contributed by atoms with Gasteiger partial charge in [-0.1, -0.05) is 0 Å². The molecular formula is C15H26N2O7. The molecule has 0 aromatic rings. The highest BCUT2D eigenvalue weighted by molar-refractivity contribution is 5.87. The number of aliphatic hydroxyl groups excluding tert-OH is 1. The number of aliphatic carboxylic acids is 1. The Balaban J connectivity index is 3.90. The van der Waals surface area contributed by atoms with Crippen LogP contribution in [0.15, 0.2) is 0 Å². The number of rotatable bonds is 14. The van der Waals surface area contributed by atoms with Crippen molar-refractivity contribution in [1.29, 1.82) is 0 Å². The van der Waals surface area contributed by atoms with Gasteiger partial charge in [0.2, 0.25) is 11.8 Å². The molecule has 9 heteroatoms. The number of hydrogen-bond acceptors (Lipinski definition) is 6. The maximum atomic E-state index is 11.7. The van der Waals surface area contributed by atoms with E-state index in [1.54, 1.807) is 0 Å². The molecule has 9 nitrogen and oxygen atoms in total. The van der Waals surface area contributed by atoms with Gasteiger partial charge in [-0.05, 0) is 19.8 Å². The van der Waals surface area contributed by atoms with E-state index >= 15 is 0 Å². The quantitative estimate of drug-likeness (QED) is 0.302. The highest BCUT2D eigenvalue weighted by atomic mass is 16.5. The van der Waals surface area contributed by atoms with Crippen molar-refractivity contribution in [1.82, 2.24) is 10.6 Å². The van der Waals surface area contributed by atoms with Crippen molar-refractivity contribution in [2.75, 3.05) is 26.4 Å². The van der Waals surface area contributed by atoms with Crippen LogP contribution in [0.2, 0.25) is 0 Å². The summed E-state index contributed by atoms with van der Waals surface area (Å²) in [6, 6.07) is -1.13. The van der Waals surface area contributed by atoms with Crippen LogP contribution >= 0.6 is 0 Å². The summed E-state index contributed by atoms with van der Waals surface area (Å²) in [6.07, 6.45) is 0.496. The highest BCUT2D eigenvalue weighted by Crippen LogP contribution is 2.00. The van der Waals surface area contributed by atoms with E-state index in [-0.39, 0.29) is 50.6 Å². The highest BCUT2D eigenvalue weighted by Gasteiger charge is 2.20. The first-order chi connectivity index (χ1) is 11.4. The molecule has 0 rings (SSSR count). The Kier molecular flexibility index (Phi) is 12.3. The van der Waals surface area contributed by atoms with Crippen LogP contribution in [-0.4, -0.2) is 66.2 Å². The summed E-state index contributed by atoms with van der Waals surface area (Å²) >= 11 is 0. The predicted molar refractivity (Wildman–Crippen MR) is 84.2 cm³/mol. The van der Waals surface area contributed by atoms with Gasteiger partial charge >= 0.3 is 5.97 Å². The van der Waals surface area contributed by atoms with E-state index in [2.05, 4.69) is 10.6 Å². The van der Waals surface area contributed by atoms with Crippen molar-refractivity contribution in [3.63, 3.8) is 0 Å². The molecule has 1 atom stereocenters. The molecule has 0 aliphatic carbocycles. The second-order valence-electron chi connectivity index (χ2n) is 5.24. The minimum Gasteiger partial charge on any atom is -0.480 e. The minimum atomic E-state index is -1.21. The molecule has 138 valence electrons. The third kappa shape index (κ3) is 12.5. The molecule has 0 unspecified atom stereocenters. The van der Waals surface area contributed by atoms with Crippen molar-refractivity contribution in [2.24, 2.45) is 0 Å². The number of carboxylic acids is 1. The maximum absolute atomic E-state index is 11.7. The van der Waals surface area contributed by atoms with E-state index in [0.29, 0.717) is 19.6 Å². The number of nitrogens with one attached hydrogen (secondary N) is 2. The summed E-state index contributed by atoms with van der Waals surface area (Å²) in [5, 5.41) is 22.4. The van der Waals surface area contributed by atoms with Crippen LogP contribution in [0, 0.1) is 0 Å². The molecular weight excluding hydrogens is 320 g/mol. The van der Waals surface area contributed by atoms with E-state index in [1.807, 2.05) is 0 Å². The lowest BCUT2D eigenvalue weighted by Crippen LogP contribution is -2.41. The van der Waals surface area contributed by atoms with Crippen LogP contribution < -0.4 is 10.6 Å². The molecule has 2 amide bonds. The van der Waals surface area contributed by atoms with Gasteiger partial charge in [0.05, 0.1) is 13.2 Å². The molecule has 0 aromatic carbocycles. The summed E-state index contributed by atoms with van der Waals surface area (Å²) in [7, 11) is 0. The van der Waals surface area contributed by atoms with Gasteiger partial charge in [-0.15, -0.1) is 0 Å². The van der Waals surface area contributed by atoms with Gasteiger partial charge in [-0.3, -0.25) is 9.59 Å². The van der Waals surface area contributed by atoms with Gasteiger partial charge in [0, 0.05) is 32.4 Å². The van der Waals surface area contributed by atoms with E-state index < -0.39 is 17.9 Å². The molecule has 0 aromatic heterocycles. The molecule has 0 saturated carbocycles. The van der Waals surface area contributed by atoms with Crippen molar-refractivity contribution in [3.8, 4) is 0 Å². The molecule has 24 heavy (non-hydrogen) atoms. The fraction of sp³-hybridized carbons (Fsp3) is 0.733. The first-order valence-corrected chi connectivity index (χ1v) is 7.83. The molecule has 0 saturated heterocycles. The van der Waals surface area contributed by atoms with Gasteiger partial charge in [0.15, 0.2) is 0 Å². The smallest absolute Gasteiger partial charge is 0.326 e. The molecule has 0 spiro atoms. The van der Waals surface area contributed by atoms with Crippen molar-refractivity contribution in [2.45, 2.75) is 45.1 Å².